The smallest absolute Gasteiger partial charge is 0.262 e. The number of carbonyl (C=O) groups excluding carboxylic acids is 1. The predicted octanol–water partition coefficient (Wildman–Crippen LogP) is 6.35. The highest BCUT2D eigenvalue weighted by Gasteiger charge is 2.09. The Morgan fingerprint density at radius 3 is 2.55 bits per heavy atom. The van der Waals surface area contributed by atoms with E-state index in [4.69, 9.17) is 16.3 Å². The van der Waals surface area contributed by atoms with Gasteiger partial charge in [0.25, 0.3) is 5.91 Å². The van der Waals surface area contributed by atoms with Crippen molar-refractivity contribution in [2.45, 2.75) is 20.4 Å². The molecule has 0 aromatic heterocycles. The molecule has 0 fully saturated rings. The van der Waals surface area contributed by atoms with Gasteiger partial charge in [-0.15, -0.1) is 0 Å². The second kappa shape index (κ2) is 9.81. The van der Waals surface area contributed by atoms with Crippen LogP contribution in [0.1, 0.15) is 16.7 Å². The number of anilines is 2. The highest BCUT2D eigenvalue weighted by atomic mass is 79.9. The van der Waals surface area contributed by atoms with Crippen molar-refractivity contribution in [1.29, 1.82) is 0 Å². The molecule has 0 atom stereocenters. The first kappa shape index (κ1) is 21.2. The fourth-order valence-corrected chi connectivity index (χ4v) is 3.43. The molecule has 3 aromatic carbocycles. The predicted molar refractivity (Wildman–Crippen MR) is 123 cm³/mol. The maximum Gasteiger partial charge on any atom is 0.262 e. The Balaban J connectivity index is 1.54. The van der Waals surface area contributed by atoms with Crippen LogP contribution < -0.4 is 15.4 Å². The van der Waals surface area contributed by atoms with E-state index in [1.54, 1.807) is 0 Å². The van der Waals surface area contributed by atoms with Gasteiger partial charge in [-0.3, -0.25) is 4.79 Å². The monoisotopic (exact) mass is 472 g/mol. The Morgan fingerprint density at radius 1 is 1.07 bits per heavy atom. The summed E-state index contributed by atoms with van der Waals surface area (Å²) in [5.74, 6) is 0.426. The highest BCUT2D eigenvalue weighted by molar-refractivity contribution is 9.10. The van der Waals surface area contributed by atoms with Crippen molar-refractivity contribution < 1.29 is 9.53 Å². The summed E-state index contributed by atoms with van der Waals surface area (Å²) in [5, 5.41) is 6.94. The summed E-state index contributed by atoms with van der Waals surface area (Å²) in [5.41, 5.74) is 5.07. The molecule has 0 aliphatic heterocycles. The third kappa shape index (κ3) is 5.99. The van der Waals surface area contributed by atoms with Crippen molar-refractivity contribution in [1.82, 2.24) is 0 Å². The molecule has 0 aliphatic rings. The molecule has 4 nitrogen and oxygen atoms in total. The fourth-order valence-electron chi connectivity index (χ4n) is 2.76. The van der Waals surface area contributed by atoms with Crippen LogP contribution in [0.2, 0.25) is 5.02 Å². The van der Waals surface area contributed by atoms with E-state index < -0.39 is 0 Å². The third-order valence-electron chi connectivity index (χ3n) is 4.57. The molecule has 150 valence electrons. The molecule has 0 saturated heterocycles. The van der Waals surface area contributed by atoms with Crippen molar-refractivity contribution in [3.05, 3.63) is 86.8 Å². The molecule has 0 aliphatic carbocycles. The molecular weight excluding hydrogens is 452 g/mol. The lowest BCUT2D eigenvalue weighted by molar-refractivity contribution is -0.118. The summed E-state index contributed by atoms with van der Waals surface area (Å²) >= 11 is 9.42. The van der Waals surface area contributed by atoms with Crippen molar-refractivity contribution >= 4 is 44.8 Å². The zero-order valence-electron chi connectivity index (χ0n) is 16.3. The van der Waals surface area contributed by atoms with Gasteiger partial charge in [0.05, 0.1) is 4.47 Å². The molecule has 3 rings (SSSR count). The maximum atomic E-state index is 12.2. The summed E-state index contributed by atoms with van der Waals surface area (Å²) in [6, 6.07) is 19.2. The second-order valence-corrected chi connectivity index (χ2v) is 8.00. The molecule has 0 spiro atoms. The number of amides is 1. The normalized spacial score (nSPS) is 10.5. The largest absolute Gasteiger partial charge is 0.483 e. The minimum atomic E-state index is -0.195. The Bertz CT molecular complexity index is 1010. The van der Waals surface area contributed by atoms with Gasteiger partial charge in [-0.05, 0) is 88.9 Å². The lowest BCUT2D eigenvalue weighted by atomic mass is 10.1. The van der Waals surface area contributed by atoms with Crippen molar-refractivity contribution in [3.8, 4) is 5.75 Å². The first-order valence-corrected chi connectivity index (χ1v) is 10.4. The van der Waals surface area contributed by atoms with Crippen LogP contribution in [-0.2, 0) is 11.3 Å². The Morgan fingerprint density at radius 2 is 1.83 bits per heavy atom. The number of halogens is 2. The Hall–Kier alpha value is -2.50. The molecule has 2 N–H and O–H groups in total. The molecule has 0 unspecified atom stereocenters. The lowest BCUT2D eigenvalue weighted by Gasteiger charge is -2.13. The van der Waals surface area contributed by atoms with E-state index >= 15 is 0 Å². The molecule has 3 aromatic rings. The summed E-state index contributed by atoms with van der Waals surface area (Å²) in [7, 11) is 0. The average molecular weight is 474 g/mol. The van der Waals surface area contributed by atoms with Crippen LogP contribution in [0.15, 0.2) is 65.1 Å². The maximum absolute atomic E-state index is 12.2. The van der Waals surface area contributed by atoms with Crippen LogP contribution in [0, 0.1) is 13.8 Å². The van der Waals surface area contributed by atoms with Crippen LogP contribution >= 0.6 is 27.5 Å². The minimum Gasteiger partial charge on any atom is -0.483 e. The van der Waals surface area contributed by atoms with E-state index in [0.29, 0.717) is 17.3 Å². The molecular formula is C23H22BrClN2O2. The van der Waals surface area contributed by atoms with Gasteiger partial charge in [-0.25, -0.2) is 0 Å². The van der Waals surface area contributed by atoms with E-state index in [-0.39, 0.29) is 12.5 Å². The highest BCUT2D eigenvalue weighted by Crippen LogP contribution is 2.27. The van der Waals surface area contributed by atoms with Crippen LogP contribution in [0.5, 0.6) is 5.75 Å². The van der Waals surface area contributed by atoms with Gasteiger partial charge in [-0.2, -0.15) is 0 Å². The topological polar surface area (TPSA) is 50.4 Å². The van der Waals surface area contributed by atoms with Gasteiger partial charge < -0.3 is 15.4 Å². The van der Waals surface area contributed by atoms with E-state index in [2.05, 4.69) is 26.6 Å². The van der Waals surface area contributed by atoms with Gasteiger partial charge in [0.15, 0.2) is 6.61 Å². The van der Waals surface area contributed by atoms with Crippen LogP contribution in [-0.4, -0.2) is 12.5 Å². The number of rotatable bonds is 7. The van der Waals surface area contributed by atoms with E-state index in [0.717, 1.165) is 32.5 Å². The SMILES string of the molecule is Cc1cccc(NC(=O)COc2ccc(CNc3ccc(Cl)cc3)cc2Br)c1C. The number of hydrogen-bond acceptors (Lipinski definition) is 3. The molecule has 0 saturated carbocycles. The van der Waals surface area contributed by atoms with Gasteiger partial charge in [-0.1, -0.05) is 29.8 Å². The van der Waals surface area contributed by atoms with Gasteiger partial charge in [0, 0.05) is 22.9 Å². The summed E-state index contributed by atoms with van der Waals surface area (Å²) in [4.78, 5) is 12.2. The zero-order valence-corrected chi connectivity index (χ0v) is 18.6. The number of ether oxygens (including phenoxy) is 1. The number of hydrogen-bond donors (Lipinski definition) is 2. The second-order valence-electron chi connectivity index (χ2n) is 6.71. The summed E-state index contributed by atoms with van der Waals surface area (Å²) in [6.45, 7) is 4.60. The molecule has 29 heavy (non-hydrogen) atoms. The number of nitrogens with one attached hydrogen (secondary N) is 2. The molecule has 1 amide bonds. The summed E-state index contributed by atoms with van der Waals surface area (Å²) < 4.78 is 6.48. The average Bonchev–Trinajstić information content (AvgIpc) is 2.70. The summed E-state index contributed by atoms with van der Waals surface area (Å²) in [6.07, 6.45) is 0. The Labute approximate surface area is 184 Å². The molecule has 0 bridgehead atoms. The molecule has 6 heteroatoms. The van der Waals surface area contributed by atoms with Crippen LogP contribution in [0.4, 0.5) is 11.4 Å². The Kier molecular flexibility index (Phi) is 7.18. The standard InChI is InChI=1S/C23H22BrClN2O2/c1-15-4-3-5-21(16(15)2)27-23(28)14-29-22-11-6-17(12-20(22)24)13-26-19-9-7-18(25)8-10-19/h3-12,26H,13-14H2,1-2H3,(H,27,28). The molecule has 0 heterocycles. The lowest BCUT2D eigenvalue weighted by Crippen LogP contribution is -2.21. The first-order valence-electron chi connectivity index (χ1n) is 9.19. The van der Waals surface area contributed by atoms with E-state index in [1.807, 2.05) is 74.5 Å². The van der Waals surface area contributed by atoms with Crippen molar-refractivity contribution in [3.63, 3.8) is 0 Å². The van der Waals surface area contributed by atoms with Crippen molar-refractivity contribution in [2.75, 3.05) is 17.2 Å². The fraction of sp³-hybridized carbons (Fsp3) is 0.174. The first-order chi connectivity index (χ1) is 13.9. The van der Waals surface area contributed by atoms with Gasteiger partial charge in [0.1, 0.15) is 5.75 Å². The quantitative estimate of drug-likeness (QED) is 0.420. The van der Waals surface area contributed by atoms with Gasteiger partial charge in [0.2, 0.25) is 0 Å². The third-order valence-corrected chi connectivity index (χ3v) is 5.45. The number of aryl methyl sites for hydroxylation is 1. The van der Waals surface area contributed by atoms with Crippen LogP contribution in [0.25, 0.3) is 0 Å². The molecule has 0 radical (unpaired) electrons. The van der Waals surface area contributed by atoms with Gasteiger partial charge >= 0.3 is 0 Å². The van der Waals surface area contributed by atoms with Crippen LogP contribution in [0.3, 0.4) is 0 Å². The minimum absolute atomic E-state index is 0.0612. The number of benzene rings is 3. The van der Waals surface area contributed by atoms with Crippen molar-refractivity contribution in [2.24, 2.45) is 0 Å². The van der Waals surface area contributed by atoms with E-state index in [1.165, 1.54) is 0 Å². The number of carbonyl (C=O) groups is 1. The van der Waals surface area contributed by atoms with E-state index in [9.17, 15) is 4.79 Å². The zero-order chi connectivity index (χ0) is 20.8.